The van der Waals surface area contributed by atoms with Gasteiger partial charge in [-0.2, -0.15) is 0 Å². The third kappa shape index (κ3) is 2.50. The summed E-state index contributed by atoms with van der Waals surface area (Å²) in [5.41, 5.74) is 2.59. The molecule has 0 saturated carbocycles. The Morgan fingerprint density at radius 3 is 3.00 bits per heavy atom. The van der Waals surface area contributed by atoms with Gasteiger partial charge in [0.1, 0.15) is 5.75 Å². The number of fused-ring (bicyclic) bond motifs is 1. The van der Waals surface area contributed by atoms with Crippen LogP contribution in [-0.4, -0.2) is 44.4 Å². The summed E-state index contributed by atoms with van der Waals surface area (Å²) in [5, 5.41) is 3.50. The summed E-state index contributed by atoms with van der Waals surface area (Å²) in [7, 11) is 1.72. The molecule has 20 heavy (non-hydrogen) atoms. The minimum Gasteiger partial charge on any atom is -0.497 e. The number of methoxy groups -OCH3 is 1. The highest BCUT2D eigenvalue weighted by molar-refractivity contribution is 5.59. The maximum atomic E-state index is 5.88. The van der Waals surface area contributed by atoms with Gasteiger partial charge in [-0.3, -0.25) is 4.90 Å². The predicted molar refractivity (Wildman–Crippen MR) is 80.4 cm³/mol. The Bertz CT molecular complexity index is 476. The van der Waals surface area contributed by atoms with Gasteiger partial charge in [-0.1, -0.05) is 13.8 Å². The maximum Gasteiger partial charge on any atom is 0.119 e. The van der Waals surface area contributed by atoms with Gasteiger partial charge in [-0.25, -0.2) is 0 Å². The number of anilines is 1. The van der Waals surface area contributed by atoms with Crippen LogP contribution in [0.4, 0.5) is 5.69 Å². The second-order valence-corrected chi connectivity index (χ2v) is 6.00. The predicted octanol–water partition coefficient (Wildman–Crippen LogP) is 2.52. The number of benzene rings is 1. The van der Waals surface area contributed by atoms with E-state index in [1.54, 1.807) is 7.11 Å². The molecule has 1 aromatic carbocycles. The van der Waals surface area contributed by atoms with Crippen molar-refractivity contribution < 1.29 is 9.47 Å². The van der Waals surface area contributed by atoms with Crippen LogP contribution in [0.3, 0.4) is 0 Å². The number of hydrogen-bond acceptors (Lipinski definition) is 4. The van der Waals surface area contributed by atoms with Gasteiger partial charge in [0.25, 0.3) is 0 Å². The van der Waals surface area contributed by atoms with E-state index in [4.69, 9.17) is 9.47 Å². The van der Waals surface area contributed by atoms with E-state index < -0.39 is 0 Å². The highest BCUT2D eigenvalue weighted by atomic mass is 16.5. The Morgan fingerprint density at radius 1 is 1.40 bits per heavy atom. The van der Waals surface area contributed by atoms with E-state index in [0.29, 0.717) is 18.1 Å². The molecule has 0 bridgehead atoms. The van der Waals surface area contributed by atoms with Gasteiger partial charge in [0.2, 0.25) is 0 Å². The Balaban J connectivity index is 1.79. The molecule has 4 heteroatoms. The van der Waals surface area contributed by atoms with E-state index in [-0.39, 0.29) is 0 Å². The molecule has 0 spiro atoms. The molecule has 1 fully saturated rings. The molecule has 1 saturated heterocycles. The van der Waals surface area contributed by atoms with Crippen LogP contribution in [0, 0.1) is 5.92 Å². The Morgan fingerprint density at radius 2 is 2.25 bits per heavy atom. The molecule has 2 aliphatic heterocycles. The summed E-state index contributed by atoms with van der Waals surface area (Å²) in [4.78, 5) is 2.55. The molecule has 2 aliphatic rings. The highest BCUT2D eigenvalue weighted by Crippen LogP contribution is 2.37. The van der Waals surface area contributed by atoms with E-state index in [1.165, 1.54) is 11.3 Å². The van der Waals surface area contributed by atoms with E-state index >= 15 is 0 Å². The zero-order chi connectivity index (χ0) is 14.1. The number of nitrogens with zero attached hydrogens (tertiary/aromatic N) is 1. The molecule has 1 N–H and O–H groups in total. The summed E-state index contributed by atoms with van der Waals surface area (Å²) in [6.07, 6.45) is 0.346. The van der Waals surface area contributed by atoms with Crippen molar-refractivity contribution in [1.29, 1.82) is 0 Å². The van der Waals surface area contributed by atoms with Crippen LogP contribution < -0.4 is 10.1 Å². The minimum atomic E-state index is 0.346. The van der Waals surface area contributed by atoms with Gasteiger partial charge in [-0.15, -0.1) is 0 Å². The first-order valence-electron chi connectivity index (χ1n) is 7.46. The van der Waals surface area contributed by atoms with E-state index in [9.17, 15) is 0 Å². The first-order chi connectivity index (χ1) is 9.69. The molecular formula is C16H24N2O2. The monoisotopic (exact) mass is 276 g/mol. The quantitative estimate of drug-likeness (QED) is 0.920. The standard InChI is InChI=1S/C16H24N2O2/c1-11(2)16-10-18(6-7-20-16)15-9-17-14-5-4-12(19-3)8-13(14)15/h4-5,8,11,15-17H,6-7,9-10H2,1-3H3. The lowest BCUT2D eigenvalue weighted by Gasteiger charge is -2.38. The molecule has 0 aromatic heterocycles. The SMILES string of the molecule is COc1ccc2c(c1)C(N1CCOC(C(C)C)C1)CN2. The van der Waals surface area contributed by atoms with Crippen molar-refractivity contribution >= 4 is 5.69 Å². The Labute approximate surface area is 121 Å². The van der Waals surface area contributed by atoms with Gasteiger partial charge >= 0.3 is 0 Å². The first kappa shape index (κ1) is 13.7. The van der Waals surface area contributed by atoms with Crippen molar-refractivity contribution in [2.45, 2.75) is 26.0 Å². The minimum absolute atomic E-state index is 0.346. The second-order valence-electron chi connectivity index (χ2n) is 6.00. The van der Waals surface area contributed by atoms with Gasteiger partial charge in [-0.05, 0) is 29.7 Å². The van der Waals surface area contributed by atoms with Crippen LogP contribution >= 0.6 is 0 Å². The number of morpholine rings is 1. The summed E-state index contributed by atoms with van der Waals surface area (Å²) >= 11 is 0. The molecular weight excluding hydrogens is 252 g/mol. The number of nitrogens with one attached hydrogen (secondary N) is 1. The molecule has 0 radical (unpaired) electrons. The lowest BCUT2D eigenvalue weighted by molar-refractivity contribution is -0.0616. The van der Waals surface area contributed by atoms with E-state index in [1.807, 2.05) is 6.07 Å². The topological polar surface area (TPSA) is 33.7 Å². The van der Waals surface area contributed by atoms with Crippen LogP contribution in [0.25, 0.3) is 0 Å². The zero-order valence-corrected chi connectivity index (χ0v) is 12.6. The molecule has 3 rings (SSSR count). The first-order valence-corrected chi connectivity index (χ1v) is 7.46. The number of hydrogen-bond donors (Lipinski definition) is 1. The fraction of sp³-hybridized carbons (Fsp3) is 0.625. The molecule has 110 valence electrons. The van der Waals surface area contributed by atoms with E-state index in [2.05, 4.69) is 36.2 Å². The average molecular weight is 276 g/mol. The maximum absolute atomic E-state index is 5.88. The van der Waals surface area contributed by atoms with Crippen molar-refractivity contribution in [2.24, 2.45) is 5.92 Å². The zero-order valence-electron chi connectivity index (χ0n) is 12.6. The third-order valence-electron chi connectivity index (χ3n) is 4.41. The summed E-state index contributed by atoms with van der Waals surface area (Å²) in [5.74, 6) is 1.50. The highest BCUT2D eigenvalue weighted by Gasteiger charge is 2.32. The Hall–Kier alpha value is -1.26. The fourth-order valence-corrected chi connectivity index (χ4v) is 3.13. The van der Waals surface area contributed by atoms with Gasteiger partial charge in [0.15, 0.2) is 0 Å². The molecule has 0 aliphatic carbocycles. The van der Waals surface area contributed by atoms with Crippen LogP contribution in [0.2, 0.25) is 0 Å². The van der Waals surface area contributed by atoms with Crippen molar-refractivity contribution in [2.75, 3.05) is 38.7 Å². The van der Waals surface area contributed by atoms with Crippen molar-refractivity contribution in [3.8, 4) is 5.75 Å². The summed E-state index contributed by atoms with van der Waals surface area (Å²) in [6, 6.07) is 6.74. The number of ether oxygens (including phenoxy) is 2. The van der Waals surface area contributed by atoms with E-state index in [0.717, 1.165) is 32.0 Å². The lowest BCUT2D eigenvalue weighted by Crippen LogP contribution is -2.46. The second kappa shape index (κ2) is 5.62. The fourth-order valence-electron chi connectivity index (χ4n) is 3.13. The lowest BCUT2D eigenvalue weighted by atomic mass is 10.0. The summed E-state index contributed by atoms with van der Waals surface area (Å²) in [6.45, 7) is 8.30. The normalized spacial score (nSPS) is 26.4. The van der Waals surface area contributed by atoms with Crippen molar-refractivity contribution in [3.05, 3.63) is 23.8 Å². The molecule has 2 atom stereocenters. The van der Waals surface area contributed by atoms with Gasteiger partial charge in [0, 0.05) is 25.3 Å². The molecule has 2 unspecified atom stereocenters. The van der Waals surface area contributed by atoms with Crippen LogP contribution in [0.5, 0.6) is 5.75 Å². The molecule has 0 amide bonds. The Kier molecular flexibility index (Phi) is 3.85. The number of rotatable bonds is 3. The average Bonchev–Trinajstić information content (AvgIpc) is 2.90. The van der Waals surface area contributed by atoms with Crippen LogP contribution in [-0.2, 0) is 4.74 Å². The molecule has 2 heterocycles. The van der Waals surface area contributed by atoms with Crippen molar-refractivity contribution in [1.82, 2.24) is 4.90 Å². The van der Waals surface area contributed by atoms with Crippen LogP contribution in [0.15, 0.2) is 18.2 Å². The van der Waals surface area contributed by atoms with Gasteiger partial charge < -0.3 is 14.8 Å². The largest absolute Gasteiger partial charge is 0.497 e. The van der Waals surface area contributed by atoms with Gasteiger partial charge in [0.05, 0.1) is 25.9 Å². The molecule has 1 aromatic rings. The van der Waals surface area contributed by atoms with Crippen molar-refractivity contribution in [3.63, 3.8) is 0 Å². The third-order valence-corrected chi connectivity index (χ3v) is 4.41. The van der Waals surface area contributed by atoms with Crippen LogP contribution in [0.1, 0.15) is 25.5 Å². The molecule has 4 nitrogen and oxygen atoms in total. The smallest absolute Gasteiger partial charge is 0.119 e. The summed E-state index contributed by atoms with van der Waals surface area (Å²) < 4.78 is 11.2.